The van der Waals surface area contributed by atoms with Gasteiger partial charge in [0.05, 0.1) is 36.5 Å². The monoisotopic (exact) mass is 617 g/mol. The summed E-state index contributed by atoms with van der Waals surface area (Å²) in [4.78, 5) is 23.0. The standard InChI is InChI=1S/C28H26F7N3O3S/c1-13(2)18-9-19(23(40-4)10-21(18)29)20-11-36-25(42-5)37-22(20)12-38-14(3)24(41-26(38)39)15-6-16(27(30,31)32)8-17(7-15)28(33,34)35/h6-11,13-14,24H,12H2,1-5H3. The third kappa shape index (κ3) is 6.27. The molecule has 1 saturated heterocycles. The molecule has 3 aromatic rings. The van der Waals surface area contributed by atoms with Gasteiger partial charge in [0, 0.05) is 23.4 Å². The number of amides is 1. The summed E-state index contributed by atoms with van der Waals surface area (Å²) < 4.78 is 106. The van der Waals surface area contributed by atoms with Crippen molar-refractivity contribution < 1.29 is 45.0 Å². The van der Waals surface area contributed by atoms with Gasteiger partial charge in [-0.1, -0.05) is 25.6 Å². The molecule has 42 heavy (non-hydrogen) atoms. The van der Waals surface area contributed by atoms with E-state index in [0.29, 0.717) is 39.7 Å². The van der Waals surface area contributed by atoms with Crippen LogP contribution < -0.4 is 4.74 Å². The molecule has 2 heterocycles. The molecular formula is C28H26F7N3O3S. The van der Waals surface area contributed by atoms with Crippen LogP contribution in [0.5, 0.6) is 5.75 Å². The van der Waals surface area contributed by atoms with E-state index in [9.17, 15) is 35.5 Å². The Balaban J connectivity index is 1.77. The van der Waals surface area contributed by atoms with Crippen LogP contribution in [0.15, 0.2) is 41.7 Å². The highest BCUT2D eigenvalue weighted by molar-refractivity contribution is 7.98. The number of carbonyl (C=O) groups excluding carboxylic acids is 1. The molecule has 1 aliphatic heterocycles. The fourth-order valence-electron chi connectivity index (χ4n) is 4.70. The zero-order valence-electron chi connectivity index (χ0n) is 23.0. The predicted molar refractivity (Wildman–Crippen MR) is 141 cm³/mol. The number of carbonyl (C=O) groups is 1. The number of halogens is 7. The molecule has 0 bridgehead atoms. The Hall–Kier alpha value is -3.55. The van der Waals surface area contributed by atoms with Crippen molar-refractivity contribution in [3.8, 4) is 16.9 Å². The maximum absolute atomic E-state index is 14.7. The van der Waals surface area contributed by atoms with Crippen LogP contribution >= 0.6 is 11.8 Å². The lowest BCUT2D eigenvalue weighted by Crippen LogP contribution is -2.32. The number of cyclic esters (lactones) is 1. The lowest BCUT2D eigenvalue weighted by atomic mass is 9.95. The smallest absolute Gasteiger partial charge is 0.416 e. The first-order chi connectivity index (χ1) is 19.5. The highest BCUT2D eigenvalue weighted by Gasteiger charge is 2.43. The summed E-state index contributed by atoms with van der Waals surface area (Å²) >= 11 is 1.21. The van der Waals surface area contributed by atoms with Crippen LogP contribution in [-0.2, 0) is 23.6 Å². The number of methoxy groups -OCH3 is 1. The van der Waals surface area contributed by atoms with Gasteiger partial charge in [-0.2, -0.15) is 26.3 Å². The van der Waals surface area contributed by atoms with Crippen molar-refractivity contribution in [3.05, 3.63) is 70.3 Å². The average molecular weight is 618 g/mol. The topological polar surface area (TPSA) is 64.6 Å². The minimum Gasteiger partial charge on any atom is -0.496 e. The molecule has 1 aromatic heterocycles. The van der Waals surface area contributed by atoms with E-state index >= 15 is 0 Å². The van der Waals surface area contributed by atoms with Crippen LogP contribution in [0.2, 0.25) is 0 Å². The summed E-state index contributed by atoms with van der Waals surface area (Å²) in [6.45, 7) is 4.84. The van der Waals surface area contributed by atoms with Crippen LogP contribution in [0.3, 0.4) is 0 Å². The minimum atomic E-state index is -5.06. The fourth-order valence-corrected chi connectivity index (χ4v) is 5.06. The Morgan fingerprint density at radius 2 is 1.64 bits per heavy atom. The second kappa shape index (κ2) is 11.6. The van der Waals surface area contributed by atoms with Gasteiger partial charge in [0.15, 0.2) is 5.16 Å². The molecule has 0 spiro atoms. The lowest BCUT2D eigenvalue weighted by molar-refractivity contribution is -0.143. The molecule has 14 heteroatoms. The number of thioether (sulfide) groups is 1. The fraction of sp³-hybridized carbons (Fsp3) is 0.393. The summed E-state index contributed by atoms with van der Waals surface area (Å²) in [6, 6.07) is 2.95. The molecule has 0 radical (unpaired) electrons. The lowest BCUT2D eigenvalue weighted by Gasteiger charge is -2.23. The highest BCUT2D eigenvalue weighted by Crippen LogP contribution is 2.42. The van der Waals surface area contributed by atoms with Crippen molar-refractivity contribution in [1.29, 1.82) is 0 Å². The van der Waals surface area contributed by atoms with Gasteiger partial charge < -0.3 is 9.47 Å². The molecule has 2 atom stereocenters. The summed E-state index contributed by atoms with van der Waals surface area (Å²) in [7, 11) is 1.36. The van der Waals surface area contributed by atoms with Crippen molar-refractivity contribution in [1.82, 2.24) is 14.9 Å². The van der Waals surface area contributed by atoms with Gasteiger partial charge in [0.1, 0.15) is 17.7 Å². The van der Waals surface area contributed by atoms with Crippen molar-refractivity contribution in [2.45, 2.75) is 62.9 Å². The first-order valence-electron chi connectivity index (χ1n) is 12.6. The van der Waals surface area contributed by atoms with Crippen molar-refractivity contribution in [2.75, 3.05) is 13.4 Å². The van der Waals surface area contributed by atoms with E-state index in [2.05, 4.69) is 9.97 Å². The van der Waals surface area contributed by atoms with Gasteiger partial charge in [-0.05, 0) is 54.5 Å². The van der Waals surface area contributed by atoms with Crippen molar-refractivity contribution in [2.24, 2.45) is 0 Å². The van der Waals surface area contributed by atoms with Crippen LogP contribution in [0, 0.1) is 5.82 Å². The van der Waals surface area contributed by atoms with Crippen LogP contribution in [0.4, 0.5) is 35.5 Å². The van der Waals surface area contributed by atoms with Gasteiger partial charge in [-0.15, -0.1) is 0 Å². The molecule has 0 N–H and O–H groups in total. The normalized spacial score (nSPS) is 17.6. The zero-order valence-corrected chi connectivity index (χ0v) is 23.8. The summed E-state index contributed by atoms with van der Waals surface area (Å²) in [5.41, 5.74) is -1.96. The Labute approximate surface area is 241 Å². The Kier molecular flexibility index (Phi) is 8.68. The average Bonchev–Trinajstić information content (AvgIpc) is 3.20. The molecule has 1 aliphatic rings. The molecule has 6 nitrogen and oxygen atoms in total. The second-order valence-corrected chi connectivity index (χ2v) is 10.7. The van der Waals surface area contributed by atoms with Crippen molar-refractivity contribution >= 4 is 17.9 Å². The van der Waals surface area contributed by atoms with E-state index in [-0.39, 0.29) is 24.3 Å². The van der Waals surface area contributed by atoms with E-state index < -0.39 is 53.1 Å². The number of nitrogens with zero attached hydrogens (tertiary/aromatic N) is 3. The van der Waals surface area contributed by atoms with Gasteiger partial charge in [-0.25, -0.2) is 19.2 Å². The van der Waals surface area contributed by atoms with E-state index in [4.69, 9.17) is 9.47 Å². The third-order valence-corrected chi connectivity index (χ3v) is 7.47. The number of hydrogen-bond acceptors (Lipinski definition) is 6. The number of ether oxygens (including phenoxy) is 2. The molecule has 226 valence electrons. The Bertz CT molecular complexity index is 1460. The molecular weight excluding hydrogens is 591 g/mol. The third-order valence-electron chi connectivity index (χ3n) is 6.91. The molecule has 0 aliphatic carbocycles. The van der Waals surface area contributed by atoms with E-state index in [1.807, 2.05) is 13.8 Å². The van der Waals surface area contributed by atoms with Crippen molar-refractivity contribution in [3.63, 3.8) is 0 Å². The van der Waals surface area contributed by atoms with Gasteiger partial charge in [0.25, 0.3) is 0 Å². The number of aromatic nitrogens is 2. The summed E-state index contributed by atoms with van der Waals surface area (Å²) in [6.07, 6.45) is -9.30. The molecule has 1 amide bonds. The van der Waals surface area contributed by atoms with E-state index in [0.717, 1.165) is 4.90 Å². The number of alkyl halides is 6. The molecule has 0 saturated carbocycles. The summed E-state index contributed by atoms with van der Waals surface area (Å²) in [5, 5.41) is 0.336. The maximum Gasteiger partial charge on any atom is 0.416 e. The van der Waals surface area contributed by atoms with E-state index in [1.54, 1.807) is 12.3 Å². The molecule has 2 aromatic carbocycles. The minimum absolute atomic E-state index is 0.0152. The van der Waals surface area contributed by atoms with Gasteiger partial charge >= 0.3 is 18.4 Å². The van der Waals surface area contributed by atoms with Crippen LogP contribution in [-0.4, -0.2) is 40.4 Å². The largest absolute Gasteiger partial charge is 0.496 e. The quantitative estimate of drug-likeness (QED) is 0.151. The molecule has 1 fully saturated rings. The predicted octanol–water partition coefficient (Wildman–Crippen LogP) is 8.26. The van der Waals surface area contributed by atoms with Crippen LogP contribution in [0.1, 0.15) is 60.7 Å². The number of rotatable bonds is 7. The van der Waals surface area contributed by atoms with Crippen LogP contribution in [0.25, 0.3) is 11.1 Å². The van der Waals surface area contributed by atoms with E-state index in [1.165, 1.54) is 38.1 Å². The Morgan fingerprint density at radius 3 is 2.17 bits per heavy atom. The second-order valence-electron chi connectivity index (χ2n) is 9.96. The first kappa shape index (κ1) is 31.4. The highest BCUT2D eigenvalue weighted by atomic mass is 32.2. The SMILES string of the molecule is COc1cc(F)c(C(C)C)cc1-c1cnc(SC)nc1CN1C(=O)OC(c2cc(C(F)(F)F)cc(C(F)(F)F)c2)C1C. The molecule has 2 unspecified atom stereocenters. The maximum atomic E-state index is 14.7. The number of benzene rings is 2. The first-order valence-corrected chi connectivity index (χ1v) is 13.8. The van der Waals surface area contributed by atoms with Gasteiger partial charge in [0.2, 0.25) is 0 Å². The summed E-state index contributed by atoms with van der Waals surface area (Å²) in [5.74, 6) is -0.488. The van der Waals surface area contributed by atoms with Gasteiger partial charge in [-0.3, -0.25) is 4.90 Å². The zero-order chi connectivity index (χ0) is 31.1. The Morgan fingerprint density at radius 1 is 1.02 bits per heavy atom. The number of hydrogen-bond donors (Lipinski definition) is 0. The molecule has 4 rings (SSSR count).